The van der Waals surface area contributed by atoms with Crippen LogP contribution in [0.1, 0.15) is 38.2 Å². The van der Waals surface area contributed by atoms with Gasteiger partial charge in [-0.1, -0.05) is 6.42 Å². The van der Waals surface area contributed by atoms with Crippen molar-refractivity contribution in [2.45, 2.75) is 45.6 Å². The summed E-state index contributed by atoms with van der Waals surface area (Å²) in [5.74, 6) is 3.74. The third-order valence-electron chi connectivity index (χ3n) is 4.60. The van der Waals surface area contributed by atoms with Gasteiger partial charge in [-0.2, -0.15) is 5.10 Å². The summed E-state index contributed by atoms with van der Waals surface area (Å²) in [5.41, 5.74) is 1.17. The highest BCUT2D eigenvalue weighted by Gasteiger charge is 2.41. The molecule has 2 aliphatic carbocycles. The van der Waals surface area contributed by atoms with Gasteiger partial charge >= 0.3 is 0 Å². The monoisotopic (exact) mass is 231 g/mol. The quantitative estimate of drug-likeness (QED) is 0.869. The van der Waals surface area contributed by atoms with Crippen molar-refractivity contribution in [1.82, 2.24) is 10.2 Å². The Labute approximate surface area is 103 Å². The van der Waals surface area contributed by atoms with Crippen molar-refractivity contribution in [2.75, 3.05) is 5.32 Å². The first-order chi connectivity index (χ1) is 8.22. The van der Waals surface area contributed by atoms with Crippen LogP contribution in [0.3, 0.4) is 0 Å². The molecular formula is C14H21N3. The molecule has 0 amide bonds. The third-order valence-corrected chi connectivity index (χ3v) is 4.60. The fraction of sp³-hybridized carbons (Fsp3) is 0.714. The summed E-state index contributed by atoms with van der Waals surface area (Å²) in [6.45, 7) is 4.36. The van der Waals surface area contributed by atoms with Crippen molar-refractivity contribution in [2.24, 2.45) is 17.8 Å². The number of hydrogen-bond donors (Lipinski definition) is 1. The SMILES string of the molecule is Cc1cnnc(NC(C)C2CC3CCC2C3)c1. The lowest BCUT2D eigenvalue weighted by atomic mass is 9.84. The van der Waals surface area contributed by atoms with Crippen LogP contribution < -0.4 is 5.32 Å². The van der Waals surface area contributed by atoms with Crippen molar-refractivity contribution in [3.8, 4) is 0 Å². The molecule has 3 nitrogen and oxygen atoms in total. The molecule has 3 heteroatoms. The third kappa shape index (κ3) is 2.15. The Morgan fingerprint density at radius 1 is 1.35 bits per heavy atom. The van der Waals surface area contributed by atoms with Crippen LogP contribution >= 0.6 is 0 Å². The van der Waals surface area contributed by atoms with Gasteiger partial charge in [-0.25, -0.2) is 0 Å². The van der Waals surface area contributed by atoms with E-state index in [4.69, 9.17) is 0 Å². The van der Waals surface area contributed by atoms with E-state index in [-0.39, 0.29) is 0 Å². The average Bonchev–Trinajstić information content (AvgIpc) is 2.90. The normalized spacial score (nSPS) is 32.7. The largest absolute Gasteiger partial charge is 0.366 e. The summed E-state index contributed by atoms with van der Waals surface area (Å²) in [6, 6.07) is 2.61. The number of anilines is 1. The molecule has 0 spiro atoms. The number of hydrogen-bond acceptors (Lipinski definition) is 3. The summed E-state index contributed by atoms with van der Waals surface area (Å²) in [6.07, 6.45) is 7.60. The Kier molecular flexibility index (Phi) is 2.77. The second kappa shape index (κ2) is 4.28. The lowest BCUT2D eigenvalue weighted by molar-refractivity contribution is 0.304. The molecule has 0 saturated heterocycles. The highest BCUT2D eigenvalue weighted by molar-refractivity contribution is 5.36. The molecule has 0 radical (unpaired) electrons. The minimum Gasteiger partial charge on any atom is -0.366 e. The van der Waals surface area contributed by atoms with Gasteiger partial charge in [0.2, 0.25) is 0 Å². The predicted molar refractivity (Wildman–Crippen MR) is 68.8 cm³/mol. The van der Waals surface area contributed by atoms with Crippen LogP contribution in [0.15, 0.2) is 12.3 Å². The second-order valence-corrected chi connectivity index (χ2v) is 5.89. The van der Waals surface area contributed by atoms with E-state index in [0.717, 1.165) is 23.6 Å². The smallest absolute Gasteiger partial charge is 0.149 e. The summed E-state index contributed by atoms with van der Waals surface area (Å²) in [5, 5.41) is 11.7. The van der Waals surface area contributed by atoms with Gasteiger partial charge < -0.3 is 5.32 Å². The predicted octanol–water partition coefficient (Wildman–Crippen LogP) is 3.02. The first-order valence-corrected chi connectivity index (χ1v) is 6.78. The number of nitrogens with zero attached hydrogens (tertiary/aromatic N) is 2. The van der Waals surface area contributed by atoms with E-state index in [9.17, 15) is 0 Å². The molecule has 2 saturated carbocycles. The maximum Gasteiger partial charge on any atom is 0.149 e. The molecule has 2 bridgehead atoms. The van der Waals surface area contributed by atoms with Gasteiger partial charge in [0.15, 0.2) is 0 Å². The fourth-order valence-corrected chi connectivity index (χ4v) is 3.78. The zero-order valence-electron chi connectivity index (χ0n) is 10.7. The molecule has 92 valence electrons. The zero-order valence-corrected chi connectivity index (χ0v) is 10.7. The van der Waals surface area contributed by atoms with Gasteiger partial charge in [0.05, 0.1) is 6.20 Å². The van der Waals surface area contributed by atoms with Crippen LogP contribution in [0, 0.1) is 24.7 Å². The minimum atomic E-state index is 0.529. The Bertz CT molecular complexity index is 404. The van der Waals surface area contributed by atoms with Crippen molar-refractivity contribution < 1.29 is 0 Å². The van der Waals surface area contributed by atoms with Gasteiger partial charge in [-0.15, -0.1) is 5.10 Å². The van der Waals surface area contributed by atoms with E-state index >= 15 is 0 Å². The van der Waals surface area contributed by atoms with Crippen LogP contribution in [-0.2, 0) is 0 Å². The van der Waals surface area contributed by atoms with Crippen LogP contribution in [0.5, 0.6) is 0 Å². The molecular weight excluding hydrogens is 210 g/mol. The second-order valence-electron chi connectivity index (χ2n) is 5.89. The Hall–Kier alpha value is -1.12. The summed E-state index contributed by atoms with van der Waals surface area (Å²) in [4.78, 5) is 0. The van der Waals surface area contributed by atoms with Gasteiger partial charge in [0.25, 0.3) is 0 Å². The fourth-order valence-electron chi connectivity index (χ4n) is 3.78. The molecule has 4 atom stereocenters. The van der Waals surface area contributed by atoms with Gasteiger partial charge in [0, 0.05) is 6.04 Å². The molecule has 2 aliphatic rings. The first-order valence-electron chi connectivity index (χ1n) is 6.78. The van der Waals surface area contributed by atoms with E-state index in [0.29, 0.717) is 6.04 Å². The highest BCUT2D eigenvalue weighted by atomic mass is 15.2. The minimum absolute atomic E-state index is 0.529. The van der Waals surface area contributed by atoms with Gasteiger partial charge in [0.1, 0.15) is 5.82 Å². The molecule has 4 unspecified atom stereocenters. The maximum absolute atomic E-state index is 4.15. The van der Waals surface area contributed by atoms with Crippen LogP contribution in [0.2, 0.25) is 0 Å². The van der Waals surface area contributed by atoms with Crippen molar-refractivity contribution in [1.29, 1.82) is 0 Å². The number of aryl methyl sites for hydroxylation is 1. The highest BCUT2D eigenvalue weighted by Crippen LogP contribution is 2.49. The number of fused-ring (bicyclic) bond motifs is 2. The zero-order chi connectivity index (χ0) is 11.8. The number of aromatic nitrogens is 2. The van der Waals surface area contributed by atoms with Crippen molar-refractivity contribution >= 4 is 5.82 Å². The van der Waals surface area contributed by atoms with Crippen LogP contribution in [0.4, 0.5) is 5.82 Å². The Balaban J connectivity index is 1.65. The summed E-state index contributed by atoms with van der Waals surface area (Å²) < 4.78 is 0. The molecule has 17 heavy (non-hydrogen) atoms. The van der Waals surface area contributed by atoms with Gasteiger partial charge in [-0.05, 0) is 62.5 Å². The van der Waals surface area contributed by atoms with E-state index in [1.54, 1.807) is 6.20 Å². The lowest BCUT2D eigenvalue weighted by Crippen LogP contribution is -2.30. The van der Waals surface area contributed by atoms with E-state index in [1.807, 2.05) is 0 Å². The molecule has 1 aromatic heterocycles. The van der Waals surface area contributed by atoms with Crippen LogP contribution in [-0.4, -0.2) is 16.2 Å². The van der Waals surface area contributed by atoms with Crippen molar-refractivity contribution in [3.05, 3.63) is 17.8 Å². The Morgan fingerprint density at radius 3 is 2.88 bits per heavy atom. The van der Waals surface area contributed by atoms with Crippen LogP contribution in [0.25, 0.3) is 0 Å². The molecule has 1 heterocycles. The van der Waals surface area contributed by atoms with Gasteiger partial charge in [-0.3, -0.25) is 0 Å². The summed E-state index contributed by atoms with van der Waals surface area (Å²) >= 11 is 0. The van der Waals surface area contributed by atoms with E-state index in [2.05, 4.69) is 35.4 Å². The molecule has 0 aromatic carbocycles. The Morgan fingerprint density at radius 2 is 2.24 bits per heavy atom. The topological polar surface area (TPSA) is 37.8 Å². The lowest BCUT2D eigenvalue weighted by Gasteiger charge is -2.28. The maximum atomic E-state index is 4.15. The average molecular weight is 231 g/mol. The molecule has 1 aromatic rings. The van der Waals surface area contributed by atoms with E-state index < -0.39 is 0 Å². The number of nitrogens with one attached hydrogen (secondary N) is 1. The van der Waals surface area contributed by atoms with E-state index in [1.165, 1.54) is 31.2 Å². The van der Waals surface area contributed by atoms with Crippen molar-refractivity contribution in [3.63, 3.8) is 0 Å². The summed E-state index contributed by atoms with van der Waals surface area (Å²) in [7, 11) is 0. The standard InChI is InChI=1S/C14H21N3/c1-9-5-14(17-15-8-9)16-10(2)13-7-11-3-4-12(13)6-11/h5,8,10-13H,3-4,6-7H2,1-2H3,(H,16,17). The molecule has 0 aliphatic heterocycles. The molecule has 1 N–H and O–H groups in total. The number of rotatable bonds is 3. The molecule has 2 fully saturated rings. The molecule has 3 rings (SSSR count). The first kappa shape index (κ1) is 11.0.